The van der Waals surface area contributed by atoms with Crippen LogP contribution in [0.1, 0.15) is 32.1 Å². The van der Waals surface area contributed by atoms with E-state index in [1.165, 1.54) is 32.4 Å². The number of rotatable bonds is 6. The number of hydrogen-bond donors (Lipinski definition) is 0. The quantitative estimate of drug-likeness (QED) is 0.326. The van der Waals surface area contributed by atoms with Gasteiger partial charge in [0.2, 0.25) is 0 Å². The van der Waals surface area contributed by atoms with Gasteiger partial charge in [-0.1, -0.05) is 29.3 Å². The van der Waals surface area contributed by atoms with Crippen molar-refractivity contribution in [1.82, 2.24) is 4.90 Å². The van der Waals surface area contributed by atoms with E-state index in [9.17, 15) is 0 Å². The highest BCUT2D eigenvalue weighted by molar-refractivity contribution is 7.98. The number of nitrogens with zero attached hydrogens (tertiary/aromatic N) is 3. The summed E-state index contributed by atoms with van der Waals surface area (Å²) in [5.41, 5.74) is 0.854. The number of oxime groups is 1. The third-order valence-electron chi connectivity index (χ3n) is 3.38. The zero-order valence-corrected chi connectivity index (χ0v) is 13.3. The maximum Gasteiger partial charge on any atom is 0.176 e. The summed E-state index contributed by atoms with van der Waals surface area (Å²) in [6, 6.07) is 0. The first kappa shape index (κ1) is 15.9. The van der Waals surface area contributed by atoms with E-state index in [0.717, 1.165) is 30.7 Å². The van der Waals surface area contributed by atoms with Gasteiger partial charge in [0.05, 0.1) is 0 Å². The lowest BCUT2D eigenvalue weighted by atomic mass is 10.1. The molecule has 0 aromatic carbocycles. The number of halogens is 1. The number of hydrogen-bond acceptors (Lipinski definition) is 5. The second-order valence-electron chi connectivity index (χ2n) is 4.99. The van der Waals surface area contributed by atoms with Gasteiger partial charge < -0.3 is 9.74 Å². The summed E-state index contributed by atoms with van der Waals surface area (Å²) >= 11 is 7.65. The van der Waals surface area contributed by atoms with Crippen molar-refractivity contribution in [2.45, 2.75) is 32.1 Å². The van der Waals surface area contributed by atoms with Crippen LogP contribution < -0.4 is 0 Å². The van der Waals surface area contributed by atoms with Gasteiger partial charge in [0, 0.05) is 24.1 Å². The van der Waals surface area contributed by atoms with E-state index in [2.05, 4.69) is 14.5 Å². The monoisotopic (exact) mass is 315 g/mol. The molecule has 2 aliphatic heterocycles. The zero-order chi connectivity index (χ0) is 14.0. The summed E-state index contributed by atoms with van der Waals surface area (Å²) in [6.45, 7) is 4.16. The lowest BCUT2D eigenvalue weighted by Gasteiger charge is -2.25. The van der Waals surface area contributed by atoms with E-state index in [-0.39, 0.29) is 0 Å². The Balaban J connectivity index is 1.63. The molecule has 1 saturated heterocycles. The van der Waals surface area contributed by atoms with Crippen LogP contribution in [0, 0.1) is 0 Å². The molecule has 0 radical (unpaired) electrons. The summed E-state index contributed by atoms with van der Waals surface area (Å²) in [5, 5.41) is 4.36. The van der Waals surface area contributed by atoms with E-state index in [1.807, 2.05) is 6.08 Å². The molecule has 1 fully saturated rings. The second-order valence-corrected chi connectivity index (χ2v) is 6.22. The van der Waals surface area contributed by atoms with Crippen LogP contribution in [0.3, 0.4) is 0 Å². The lowest BCUT2D eigenvalue weighted by Crippen LogP contribution is -2.31. The highest BCUT2D eigenvalue weighted by Gasteiger charge is 2.09. The van der Waals surface area contributed by atoms with Crippen LogP contribution in [0.4, 0.5) is 0 Å². The molecular formula is C14H22ClN3OS. The predicted octanol–water partition coefficient (Wildman–Crippen LogP) is 3.48. The largest absolute Gasteiger partial charge is 0.395 e. The van der Waals surface area contributed by atoms with Gasteiger partial charge in [-0.25, -0.2) is 4.40 Å². The van der Waals surface area contributed by atoms with Crippen molar-refractivity contribution in [2.75, 3.05) is 32.0 Å². The highest BCUT2D eigenvalue weighted by atomic mass is 35.5. The van der Waals surface area contributed by atoms with Crippen molar-refractivity contribution in [1.29, 1.82) is 0 Å². The molecule has 0 aromatic rings. The first-order valence-corrected chi connectivity index (χ1v) is 8.62. The molecule has 2 rings (SSSR count). The van der Waals surface area contributed by atoms with E-state index >= 15 is 0 Å². The minimum absolute atomic E-state index is 0.397. The summed E-state index contributed by atoms with van der Waals surface area (Å²) in [5.74, 6) is 0.987. The molecular weight excluding hydrogens is 294 g/mol. The van der Waals surface area contributed by atoms with Crippen molar-refractivity contribution < 1.29 is 4.84 Å². The van der Waals surface area contributed by atoms with Gasteiger partial charge in [0.25, 0.3) is 0 Å². The number of piperidine rings is 1. The SMILES string of the molecule is Cl/C(=N\OCCCN1CCCCC1)C1=CCCSN=C1. The maximum absolute atomic E-state index is 6.11. The van der Waals surface area contributed by atoms with Crippen LogP contribution in [-0.2, 0) is 4.84 Å². The summed E-state index contributed by atoms with van der Waals surface area (Å²) in [6.07, 6.45) is 9.79. The van der Waals surface area contributed by atoms with Gasteiger partial charge >= 0.3 is 0 Å². The fourth-order valence-electron chi connectivity index (χ4n) is 2.29. The fraction of sp³-hybridized carbons (Fsp3) is 0.714. The van der Waals surface area contributed by atoms with Gasteiger partial charge in [0.1, 0.15) is 6.61 Å². The van der Waals surface area contributed by atoms with Crippen molar-refractivity contribution >= 4 is 34.9 Å². The van der Waals surface area contributed by atoms with Crippen LogP contribution in [0.25, 0.3) is 0 Å². The molecule has 0 bridgehead atoms. The lowest BCUT2D eigenvalue weighted by molar-refractivity contribution is 0.125. The van der Waals surface area contributed by atoms with Crippen LogP contribution in [-0.4, -0.2) is 48.3 Å². The summed E-state index contributed by atoms with van der Waals surface area (Å²) < 4.78 is 4.17. The topological polar surface area (TPSA) is 37.2 Å². The number of allylic oxidation sites excluding steroid dienone is 2. The molecule has 20 heavy (non-hydrogen) atoms. The van der Waals surface area contributed by atoms with Crippen LogP contribution in [0.5, 0.6) is 0 Å². The molecule has 6 heteroatoms. The fourth-order valence-corrected chi connectivity index (χ4v) is 2.99. The van der Waals surface area contributed by atoms with E-state index in [4.69, 9.17) is 16.4 Å². The first-order chi connectivity index (χ1) is 9.86. The third-order valence-corrected chi connectivity index (χ3v) is 4.34. The molecule has 0 aromatic heterocycles. The molecule has 2 aliphatic rings. The smallest absolute Gasteiger partial charge is 0.176 e. The van der Waals surface area contributed by atoms with Crippen LogP contribution in [0.15, 0.2) is 21.2 Å². The molecule has 0 spiro atoms. The molecule has 0 atom stereocenters. The average Bonchev–Trinajstić information content (AvgIpc) is 2.77. The van der Waals surface area contributed by atoms with E-state index in [1.54, 1.807) is 18.2 Å². The van der Waals surface area contributed by atoms with Gasteiger partial charge in [-0.05, 0) is 50.7 Å². The van der Waals surface area contributed by atoms with Crippen molar-refractivity contribution in [3.05, 3.63) is 11.6 Å². The minimum atomic E-state index is 0.397. The molecule has 0 unspecified atom stereocenters. The summed E-state index contributed by atoms with van der Waals surface area (Å²) in [4.78, 5) is 7.80. The van der Waals surface area contributed by atoms with Crippen LogP contribution in [0.2, 0.25) is 0 Å². The third kappa shape index (κ3) is 5.85. The molecule has 0 N–H and O–H groups in total. The van der Waals surface area contributed by atoms with Crippen LogP contribution >= 0.6 is 23.5 Å². The Morgan fingerprint density at radius 3 is 3.10 bits per heavy atom. The Kier molecular flexibility index (Phi) is 7.47. The highest BCUT2D eigenvalue weighted by Crippen LogP contribution is 2.13. The predicted molar refractivity (Wildman–Crippen MR) is 87.8 cm³/mol. The second kappa shape index (κ2) is 9.42. The van der Waals surface area contributed by atoms with Gasteiger partial charge in [-0.15, -0.1) is 0 Å². The van der Waals surface area contributed by atoms with Gasteiger partial charge in [-0.2, -0.15) is 0 Å². The van der Waals surface area contributed by atoms with Crippen molar-refractivity contribution in [3.8, 4) is 0 Å². The zero-order valence-electron chi connectivity index (χ0n) is 11.8. The van der Waals surface area contributed by atoms with Crippen molar-refractivity contribution in [3.63, 3.8) is 0 Å². The molecule has 0 aliphatic carbocycles. The Labute approximate surface area is 130 Å². The first-order valence-electron chi connectivity index (χ1n) is 7.30. The van der Waals surface area contributed by atoms with Gasteiger partial charge in [0.15, 0.2) is 5.17 Å². The Morgan fingerprint density at radius 2 is 2.25 bits per heavy atom. The molecule has 0 amide bonds. The molecule has 112 valence electrons. The van der Waals surface area contributed by atoms with Gasteiger partial charge in [-0.3, -0.25) is 0 Å². The Hall–Kier alpha value is -0.520. The average molecular weight is 316 g/mol. The molecule has 4 nitrogen and oxygen atoms in total. The number of likely N-dealkylation sites (tertiary alicyclic amines) is 1. The normalized spacial score (nSPS) is 21.4. The molecule has 0 saturated carbocycles. The van der Waals surface area contributed by atoms with E-state index < -0.39 is 0 Å². The summed E-state index contributed by atoms with van der Waals surface area (Å²) in [7, 11) is 0. The minimum Gasteiger partial charge on any atom is -0.395 e. The Morgan fingerprint density at radius 1 is 1.40 bits per heavy atom. The Bertz CT molecular complexity index is 379. The van der Waals surface area contributed by atoms with E-state index in [0.29, 0.717) is 11.8 Å². The standard InChI is InChI=1S/C14H22ClN3OS/c15-14(13-6-4-11-20-16-12-13)17-19-10-5-9-18-7-2-1-3-8-18/h6,12H,1-5,7-11H2/b17-14-. The van der Waals surface area contributed by atoms with Crippen molar-refractivity contribution in [2.24, 2.45) is 9.55 Å². The maximum atomic E-state index is 6.11. The molecule has 2 heterocycles.